The number of fused-ring (bicyclic) bond motifs is 1. The standard InChI is InChI=1S/C20H32N2O3/c1-5-14(6-2)12-21-18(23)17(11-13(3)4)22-19(24)15-9-7-8-10-16(15)20(22)25/h7-8,13-17H,5-6,9-12H2,1-4H3,(H,21,23). The van der Waals surface area contributed by atoms with Crippen molar-refractivity contribution in [2.24, 2.45) is 23.7 Å². The van der Waals surface area contributed by atoms with Crippen LogP contribution in [-0.4, -0.2) is 35.2 Å². The van der Waals surface area contributed by atoms with Gasteiger partial charge in [0.05, 0.1) is 11.8 Å². The van der Waals surface area contributed by atoms with Gasteiger partial charge in [0.2, 0.25) is 17.7 Å². The molecule has 3 unspecified atom stereocenters. The Labute approximate surface area is 151 Å². The number of carbonyl (C=O) groups is 3. The minimum atomic E-state index is -0.681. The summed E-state index contributed by atoms with van der Waals surface area (Å²) in [6, 6.07) is -0.681. The monoisotopic (exact) mass is 348 g/mol. The topological polar surface area (TPSA) is 66.5 Å². The summed E-state index contributed by atoms with van der Waals surface area (Å²) in [7, 11) is 0. The molecular formula is C20H32N2O3. The molecule has 0 saturated carbocycles. The summed E-state index contributed by atoms with van der Waals surface area (Å²) in [5, 5.41) is 2.99. The van der Waals surface area contributed by atoms with Crippen LogP contribution in [0.15, 0.2) is 12.2 Å². The highest BCUT2D eigenvalue weighted by molar-refractivity contribution is 6.08. The number of nitrogens with one attached hydrogen (secondary N) is 1. The number of amides is 3. The van der Waals surface area contributed by atoms with Gasteiger partial charge in [0.15, 0.2) is 0 Å². The molecule has 0 bridgehead atoms. The van der Waals surface area contributed by atoms with Crippen LogP contribution in [-0.2, 0) is 14.4 Å². The molecule has 5 nitrogen and oxygen atoms in total. The molecule has 25 heavy (non-hydrogen) atoms. The van der Waals surface area contributed by atoms with Crippen LogP contribution in [0.5, 0.6) is 0 Å². The highest BCUT2D eigenvalue weighted by atomic mass is 16.2. The number of rotatable bonds is 8. The molecule has 140 valence electrons. The molecule has 1 fully saturated rings. The molecule has 0 spiro atoms. The zero-order valence-electron chi connectivity index (χ0n) is 16.0. The smallest absolute Gasteiger partial charge is 0.243 e. The second-order valence-electron chi connectivity index (χ2n) is 7.78. The van der Waals surface area contributed by atoms with E-state index in [1.807, 2.05) is 26.0 Å². The SMILES string of the molecule is CCC(CC)CNC(=O)C(CC(C)C)N1C(=O)C2CC=CCC2C1=O. The quantitative estimate of drug-likeness (QED) is 0.542. The summed E-state index contributed by atoms with van der Waals surface area (Å²) >= 11 is 0. The van der Waals surface area contributed by atoms with E-state index in [0.29, 0.717) is 31.7 Å². The molecule has 2 aliphatic rings. The summed E-state index contributed by atoms with van der Waals surface area (Å²) in [5.41, 5.74) is 0. The largest absolute Gasteiger partial charge is 0.354 e. The molecule has 1 aliphatic heterocycles. The normalized spacial score (nSPS) is 24.2. The molecule has 1 aliphatic carbocycles. The van der Waals surface area contributed by atoms with Crippen molar-refractivity contribution in [2.45, 2.75) is 65.8 Å². The van der Waals surface area contributed by atoms with E-state index in [1.165, 1.54) is 4.90 Å². The van der Waals surface area contributed by atoms with Gasteiger partial charge in [0.1, 0.15) is 6.04 Å². The van der Waals surface area contributed by atoms with Crippen molar-refractivity contribution in [3.63, 3.8) is 0 Å². The predicted molar refractivity (Wildman–Crippen MR) is 97.5 cm³/mol. The lowest BCUT2D eigenvalue weighted by atomic mass is 9.85. The molecular weight excluding hydrogens is 316 g/mol. The van der Waals surface area contributed by atoms with E-state index in [9.17, 15) is 14.4 Å². The van der Waals surface area contributed by atoms with Gasteiger partial charge in [-0.25, -0.2) is 0 Å². The zero-order chi connectivity index (χ0) is 18.6. The summed E-state index contributed by atoms with van der Waals surface area (Å²) < 4.78 is 0. The number of imide groups is 1. The Balaban J connectivity index is 2.15. The lowest BCUT2D eigenvalue weighted by Gasteiger charge is -2.28. The highest BCUT2D eigenvalue weighted by Gasteiger charge is 2.51. The van der Waals surface area contributed by atoms with Gasteiger partial charge in [0, 0.05) is 6.54 Å². The van der Waals surface area contributed by atoms with Crippen molar-refractivity contribution in [3.05, 3.63) is 12.2 Å². The molecule has 1 saturated heterocycles. The maximum atomic E-state index is 12.8. The van der Waals surface area contributed by atoms with Gasteiger partial charge >= 0.3 is 0 Å². The maximum Gasteiger partial charge on any atom is 0.243 e. The fourth-order valence-corrected chi connectivity index (χ4v) is 3.85. The highest BCUT2D eigenvalue weighted by Crippen LogP contribution is 2.37. The van der Waals surface area contributed by atoms with Crippen LogP contribution in [0, 0.1) is 23.7 Å². The van der Waals surface area contributed by atoms with Crippen LogP contribution < -0.4 is 5.32 Å². The molecule has 3 amide bonds. The second kappa shape index (κ2) is 8.63. The molecule has 3 atom stereocenters. The minimum Gasteiger partial charge on any atom is -0.354 e. The Hall–Kier alpha value is -1.65. The van der Waals surface area contributed by atoms with Gasteiger partial charge < -0.3 is 5.32 Å². The van der Waals surface area contributed by atoms with Crippen LogP contribution in [0.2, 0.25) is 0 Å². The van der Waals surface area contributed by atoms with E-state index >= 15 is 0 Å². The van der Waals surface area contributed by atoms with Crippen LogP contribution in [0.4, 0.5) is 0 Å². The van der Waals surface area contributed by atoms with Crippen LogP contribution >= 0.6 is 0 Å². The third-order valence-electron chi connectivity index (χ3n) is 5.57. The van der Waals surface area contributed by atoms with Crippen LogP contribution in [0.25, 0.3) is 0 Å². The lowest BCUT2D eigenvalue weighted by Crippen LogP contribution is -2.51. The fourth-order valence-electron chi connectivity index (χ4n) is 3.85. The number of hydrogen-bond acceptors (Lipinski definition) is 3. The van der Waals surface area contributed by atoms with E-state index in [4.69, 9.17) is 0 Å². The van der Waals surface area contributed by atoms with Gasteiger partial charge in [-0.15, -0.1) is 0 Å². The van der Waals surface area contributed by atoms with E-state index in [2.05, 4.69) is 19.2 Å². The van der Waals surface area contributed by atoms with E-state index < -0.39 is 6.04 Å². The first-order chi connectivity index (χ1) is 11.9. The molecule has 1 heterocycles. The Morgan fingerprint density at radius 1 is 1.12 bits per heavy atom. The van der Waals surface area contributed by atoms with Gasteiger partial charge in [-0.2, -0.15) is 0 Å². The van der Waals surface area contributed by atoms with Crippen LogP contribution in [0.1, 0.15) is 59.8 Å². The second-order valence-corrected chi connectivity index (χ2v) is 7.78. The van der Waals surface area contributed by atoms with E-state index in [-0.39, 0.29) is 35.5 Å². The summed E-state index contributed by atoms with van der Waals surface area (Å²) in [6.07, 6.45) is 7.68. The number of nitrogens with zero attached hydrogens (tertiary/aromatic N) is 1. The molecule has 0 radical (unpaired) electrons. The van der Waals surface area contributed by atoms with Gasteiger partial charge in [-0.1, -0.05) is 52.7 Å². The average Bonchev–Trinajstić information content (AvgIpc) is 2.85. The van der Waals surface area contributed by atoms with Crippen molar-refractivity contribution in [1.29, 1.82) is 0 Å². The first-order valence-electron chi connectivity index (χ1n) is 9.70. The van der Waals surface area contributed by atoms with Crippen molar-refractivity contribution in [2.75, 3.05) is 6.54 Å². The van der Waals surface area contributed by atoms with Crippen molar-refractivity contribution < 1.29 is 14.4 Å². The van der Waals surface area contributed by atoms with E-state index in [0.717, 1.165) is 12.8 Å². The van der Waals surface area contributed by atoms with Crippen LogP contribution in [0.3, 0.4) is 0 Å². The Bertz CT molecular complexity index is 511. The third-order valence-corrected chi connectivity index (χ3v) is 5.57. The van der Waals surface area contributed by atoms with Gasteiger partial charge in [-0.3, -0.25) is 19.3 Å². The molecule has 2 rings (SSSR count). The average molecular weight is 348 g/mol. The molecule has 0 aromatic heterocycles. The van der Waals surface area contributed by atoms with Gasteiger partial charge in [-0.05, 0) is 31.1 Å². The first kappa shape index (κ1) is 19.7. The Kier molecular flexibility index (Phi) is 6.79. The predicted octanol–water partition coefficient (Wildman–Crippen LogP) is 2.90. The zero-order valence-corrected chi connectivity index (χ0v) is 16.0. The molecule has 0 aromatic carbocycles. The minimum absolute atomic E-state index is 0.164. The number of likely N-dealkylation sites (tertiary alicyclic amines) is 1. The maximum absolute atomic E-state index is 12.8. The molecule has 0 aromatic rings. The van der Waals surface area contributed by atoms with Gasteiger partial charge in [0.25, 0.3) is 0 Å². The molecule has 1 N–H and O–H groups in total. The first-order valence-corrected chi connectivity index (χ1v) is 9.70. The number of carbonyl (C=O) groups excluding carboxylic acids is 3. The summed E-state index contributed by atoms with van der Waals surface area (Å²) in [4.78, 5) is 39.7. The van der Waals surface area contributed by atoms with Crippen molar-refractivity contribution in [3.8, 4) is 0 Å². The number of hydrogen-bond donors (Lipinski definition) is 1. The summed E-state index contributed by atoms with van der Waals surface area (Å²) in [5.74, 6) is -0.414. The van der Waals surface area contributed by atoms with Crippen molar-refractivity contribution >= 4 is 17.7 Å². The molecule has 5 heteroatoms. The van der Waals surface area contributed by atoms with E-state index in [1.54, 1.807) is 0 Å². The lowest BCUT2D eigenvalue weighted by molar-refractivity contribution is -0.148. The third kappa shape index (κ3) is 4.31. The summed E-state index contributed by atoms with van der Waals surface area (Å²) in [6.45, 7) is 8.85. The Morgan fingerprint density at radius 3 is 2.08 bits per heavy atom. The van der Waals surface area contributed by atoms with Crippen molar-refractivity contribution in [1.82, 2.24) is 10.2 Å². The number of allylic oxidation sites excluding steroid dienone is 2. The fraction of sp³-hybridized carbons (Fsp3) is 0.750. The Morgan fingerprint density at radius 2 is 1.64 bits per heavy atom.